The van der Waals surface area contributed by atoms with Crippen molar-refractivity contribution in [2.24, 2.45) is 5.73 Å². The van der Waals surface area contributed by atoms with E-state index in [0.717, 1.165) is 0 Å². The Bertz CT molecular complexity index is 462. The SMILES string of the molecule is Cc1nc(C(F)F)c(C(N)=O)cc1[N+](=O)[O-]. The molecule has 1 rings (SSSR count). The highest BCUT2D eigenvalue weighted by atomic mass is 19.3. The number of primary amides is 1. The lowest BCUT2D eigenvalue weighted by Gasteiger charge is -2.06. The monoisotopic (exact) mass is 231 g/mol. The number of aromatic nitrogens is 1. The van der Waals surface area contributed by atoms with Crippen LogP contribution in [-0.2, 0) is 0 Å². The van der Waals surface area contributed by atoms with Gasteiger partial charge in [0.15, 0.2) is 0 Å². The van der Waals surface area contributed by atoms with Gasteiger partial charge in [-0.1, -0.05) is 0 Å². The number of hydrogen-bond donors (Lipinski definition) is 1. The molecular weight excluding hydrogens is 224 g/mol. The fourth-order valence-electron chi connectivity index (χ4n) is 1.16. The van der Waals surface area contributed by atoms with Gasteiger partial charge in [0.05, 0.1) is 10.5 Å². The average Bonchev–Trinajstić information content (AvgIpc) is 2.15. The van der Waals surface area contributed by atoms with Crippen LogP contribution in [0, 0.1) is 17.0 Å². The molecule has 1 aromatic heterocycles. The summed E-state index contributed by atoms with van der Waals surface area (Å²) in [7, 11) is 0. The highest BCUT2D eigenvalue weighted by molar-refractivity contribution is 5.94. The van der Waals surface area contributed by atoms with Crippen LogP contribution in [0.15, 0.2) is 6.07 Å². The molecule has 1 amide bonds. The molecule has 6 nitrogen and oxygen atoms in total. The second kappa shape index (κ2) is 4.17. The van der Waals surface area contributed by atoms with Crippen LogP contribution in [-0.4, -0.2) is 15.8 Å². The number of carbonyl (C=O) groups excluding carboxylic acids is 1. The lowest BCUT2D eigenvalue weighted by molar-refractivity contribution is -0.385. The lowest BCUT2D eigenvalue weighted by Crippen LogP contribution is -2.16. The Morgan fingerprint density at radius 1 is 1.62 bits per heavy atom. The fourth-order valence-corrected chi connectivity index (χ4v) is 1.16. The third-order valence-corrected chi connectivity index (χ3v) is 1.88. The molecule has 0 saturated carbocycles. The molecule has 0 unspecified atom stereocenters. The van der Waals surface area contributed by atoms with E-state index in [1.807, 2.05) is 0 Å². The summed E-state index contributed by atoms with van der Waals surface area (Å²) in [4.78, 5) is 23.8. The Balaban J connectivity index is 3.49. The zero-order chi connectivity index (χ0) is 12.5. The van der Waals surface area contributed by atoms with Gasteiger partial charge in [-0.2, -0.15) is 0 Å². The Labute approximate surface area is 88.2 Å². The van der Waals surface area contributed by atoms with Crippen LogP contribution >= 0.6 is 0 Å². The van der Waals surface area contributed by atoms with Gasteiger partial charge in [-0.15, -0.1) is 0 Å². The number of rotatable bonds is 3. The molecule has 0 atom stereocenters. The molecular formula is C8H7F2N3O3. The van der Waals surface area contributed by atoms with E-state index in [2.05, 4.69) is 4.98 Å². The maximum Gasteiger partial charge on any atom is 0.291 e. The van der Waals surface area contributed by atoms with E-state index in [4.69, 9.17) is 5.73 Å². The number of carbonyl (C=O) groups is 1. The predicted molar refractivity (Wildman–Crippen MR) is 49.1 cm³/mol. The number of halogens is 2. The molecule has 0 saturated heterocycles. The van der Waals surface area contributed by atoms with E-state index in [9.17, 15) is 23.7 Å². The van der Waals surface area contributed by atoms with Crippen LogP contribution in [0.4, 0.5) is 14.5 Å². The standard InChI is InChI=1S/C8H7F2N3O3/c1-3-5(13(15)16)2-4(8(11)14)6(12-3)7(9)10/h2,7H,1H3,(H2,11,14). The number of nitrogens with zero attached hydrogens (tertiary/aromatic N) is 2. The summed E-state index contributed by atoms with van der Waals surface area (Å²) in [5.41, 5.74) is 2.66. The Hall–Kier alpha value is -2.12. The van der Waals surface area contributed by atoms with E-state index >= 15 is 0 Å². The van der Waals surface area contributed by atoms with Gasteiger partial charge in [0.2, 0.25) is 0 Å². The summed E-state index contributed by atoms with van der Waals surface area (Å²) in [6, 6.07) is 0.714. The van der Waals surface area contributed by atoms with Crippen LogP contribution in [0.25, 0.3) is 0 Å². The van der Waals surface area contributed by atoms with E-state index in [-0.39, 0.29) is 5.69 Å². The topological polar surface area (TPSA) is 99.1 Å². The molecule has 0 aliphatic carbocycles. The molecule has 86 valence electrons. The minimum Gasteiger partial charge on any atom is -0.366 e. The highest BCUT2D eigenvalue weighted by Gasteiger charge is 2.24. The van der Waals surface area contributed by atoms with Gasteiger partial charge in [-0.3, -0.25) is 14.9 Å². The molecule has 0 aromatic carbocycles. The molecule has 0 radical (unpaired) electrons. The molecule has 1 heterocycles. The smallest absolute Gasteiger partial charge is 0.291 e. The normalized spacial score (nSPS) is 10.5. The minimum absolute atomic E-state index is 0.190. The first-order chi connectivity index (χ1) is 7.34. The minimum atomic E-state index is -3.01. The number of amides is 1. The zero-order valence-electron chi connectivity index (χ0n) is 8.11. The third-order valence-electron chi connectivity index (χ3n) is 1.88. The summed E-state index contributed by atoms with van der Waals surface area (Å²) >= 11 is 0. The molecule has 2 N–H and O–H groups in total. The van der Waals surface area contributed by atoms with Crippen molar-refractivity contribution in [3.8, 4) is 0 Å². The first-order valence-electron chi connectivity index (χ1n) is 4.08. The van der Waals surface area contributed by atoms with Crippen LogP contribution in [0.1, 0.15) is 28.2 Å². The molecule has 16 heavy (non-hydrogen) atoms. The van der Waals surface area contributed by atoms with Gasteiger partial charge >= 0.3 is 0 Å². The van der Waals surface area contributed by atoms with E-state index < -0.39 is 34.2 Å². The van der Waals surface area contributed by atoms with Crippen molar-refractivity contribution in [1.82, 2.24) is 4.98 Å². The van der Waals surface area contributed by atoms with Gasteiger partial charge in [-0.05, 0) is 6.92 Å². The average molecular weight is 231 g/mol. The van der Waals surface area contributed by atoms with Gasteiger partial charge in [0.1, 0.15) is 11.4 Å². The van der Waals surface area contributed by atoms with Crippen molar-refractivity contribution in [2.45, 2.75) is 13.3 Å². The Morgan fingerprint density at radius 2 is 2.19 bits per heavy atom. The number of pyridine rings is 1. The van der Waals surface area contributed by atoms with Crippen LogP contribution < -0.4 is 5.73 Å². The van der Waals surface area contributed by atoms with Gasteiger partial charge in [0.25, 0.3) is 18.0 Å². The maximum atomic E-state index is 12.5. The van der Waals surface area contributed by atoms with E-state index in [1.54, 1.807) is 0 Å². The van der Waals surface area contributed by atoms with E-state index in [1.165, 1.54) is 6.92 Å². The number of hydrogen-bond acceptors (Lipinski definition) is 4. The molecule has 0 fully saturated rings. The number of nitro groups is 1. The maximum absolute atomic E-state index is 12.5. The fraction of sp³-hybridized carbons (Fsp3) is 0.250. The zero-order valence-corrected chi connectivity index (χ0v) is 8.11. The third kappa shape index (κ3) is 2.10. The summed E-state index contributed by atoms with van der Waals surface area (Å²) in [6.07, 6.45) is -3.01. The molecule has 0 aliphatic heterocycles. The van der Waals surface area contributed by atoms with Crippen molar-refractivity contribution >= 4 is 11.6 Å². The Kier molecular flexibility index (Phi) is 3.11. The van der Waals surface area contributed by atoms with Gasteiger partial charge < -0.3 is 5.73 Å². The van der Waals surface area contributed by atoms with Gasteiger partial charge in [0, 0.05) is 6.07 Å². The second-order valence-electron chi connectivity index (χ2n) is 2.95. The summed E-state index contributed by atoms with van der Waals surface area (Å²) in [5, 5.41) is 10.5. The lowest BCUT2D eigenvalue weighted by atomic mass is 10.1. The Morgan fingerprint density at radius 3 is 2.56 bits per heavy atom. The van der Waals surface area contributed by atoms with Crippen LogP contribution in [0.3, 0.4) is 0 Å². The molecule has 1 aromatic rings. The van der Waals surface area contributed by atoms with Crippen molar-refractivity contribution < 1.29 is 18.5 Å². The quantitative estimate of drug-likeness (QED) is 0.626. The number of nitrogens with two attached hydrogens (primary N) is 1. The molecule has 0 spiro atoms. The van der Waals surface area contributed by atoms with Crippen molar-refractivity contribution in [3.05, 3.63) is 33.1 Å². The van der Waals surface area contributed by atoms with Crippen molar-refractivity contribution in [2.75, 3.05) is 0 Å². The predicted octanol–water partition coefficient (Wildman–Crippen LogP) is 1.33. The number of alkyl halides is 2. The molecule has 8 heteroatoms. The van der Waals surface area contributed by atoms with E-state index in [0.29, 0.717) is 6.07 Å². The van der Waals surface area contributed by atoms with Crippen LogP contribution in [0.5, 0.6) is 0 Å². The molecule has 0 bridgehead atoms. The van der Waals surface area contributed by atoms with Crippen LogP contribution in [0.2, 0.25) is 0 Å². The number of aryl methyl sites for hydroxylation is 1. The summed E-state index contributed by atoms with van der Waals surface area (Å²) < 4.78 is 24.9. The first-order valence-corrected chi connectivity index (χ1v) is 4.08. The van der Waals surface area contributed by atoms with Gasteiger partial charge in [-0.25, -0.2) is 13.8 Å². The summed E-state index contributed by atoms with van der Waals surface area (Å²) in [5.74, 6) is -1.18. The summed E-state index contributed by atoms with van der Waals surface area (Å²) in [6.45, 7) is 1.20. The largest absolute Gasteiger partial charge is 0.366 e. The second-order valence-corrected chi connectivity index (χ2v) is 2.95. The first kappa shape index (κ1) is 12.0. The highest BCUT2D eigenvalue weighted by Crippen LogP contribution is 2.26. The molecule has 0 aliphatic rings. The van der Waals surface area contributed by atoms with Crippen molar-refractivity contribution in [3.63, 3.8) is 0 Å². The van der Waals surface area contributed by atoms with Crippen molar-refractivity contribution in [1.29, 1.82) is 0 Å².